The fourth-order valence-electron chi connectivity index (χ4n) is 1.26. The van der Waals surface area contributed by atoms with Crippen LogP contribution in [-0.2, 0) is 0 Å². The number of anilines is 2. The van der Waals surface area contributed by atoms with Crippen molar-refractivity contribution in [2.24, 2.45) is 0 Å². The summed E-state index contributed by atoms with van der Waals surface area (Å²) in [6.07, 6.45) is 0. The molecule has 0 unspecified atom stereocenters. The van der Waals surface area contributed by atoms with Crippen molar-refractivity contribution in [3.8, 4) is 0 Å². The average Bonchev–Trinajstić information content (AvgIpc) is 2.70. The number of nitrogens with zero attached hydrogens (tertiary/aromatic N) is 2. The van der Waals surface area contributed by atoms with Crippen LogP contribution < -0.4 is 11.1 Å². The van der Waals surface area contributed by atoms with Crippen LogP contribution in [-0.4, -0.2) is 16.2 Å². The van der Waals surface area contributed by atoms with E-state index in [0.29, 0.717) is 5.69 Å². The molecule has 0 aliphatic carbocycles. The standard InChI is InChI=1S/C10H9FN4O2/c1-5-2-3-6(11)4-7(5)13-10(16)8-9(12)15-17-14-8/h2-4H,1H3,(H2,12,15)(H,13,16). The molecule has 2 aromatic rings. The third kappa shape index (κ3) is 2.22. The molecule has 0 spiro atoms. The number of nitrogens with two attached hydrogens (primary N) is 1. The number of aryl methyl sites for hydroxylation is 1. The summed E-state index contributed by atoms with van der Waals surface area (Å²) in [5.74, 6) is -1.16. The molecule has 0 atom stereocenters. The first-order valence-electron chi connectivity index (χ1n) is 4.73. The second-order valence-corrected chi connectivity index (χ2v) is 3.41. The molecule has 6 nitrogen and oxygen atoms in total. The van der Waals surface area contributed by atoms with E-state index in [0.717, 1.165) is 5.56 Å². The van der Waals surface area contributed by atoms with Crippen molar-refractivity contribution in [3.05, 3.63) is 35.3 Å². The first-order valence-corrected chi connectivity index (χ1v) is 4.73. The number of amides is 1. The van der Waals surface area contributed by atoms with Crippen LogP contribution in [0.5, 0.6) is 0 Å². The van der Waals surface area contributed by atoms with Crippen molar-refractivity contribution in [2.75, 3.05) is 11.1 Å². The van der Waals surface area contributed by atoms with Crippen LogP contribution in [0.3, 0.4) is 0 Å². The maximum atomic E-state index is 13.0. The number of hydrogen-bond acceptors (Lipinski definition) is 5. The second-order valence-electron chi connectivity index (χ2n) is 3.41. The van der Waals surface area contributed by atoms with Crippen molar-refractivity contribution in [2.45, 2.75) is 6.92 Å². The highest BCUT2D eigenvalue weighted by atomic mass is 19.1. The molecule has 1 heterocycles. The minimum Gasteiger partial charge on any atom is -0.379 e. The van der Waals surface area contributed by atoms with Crippen LogP contribution in [0.25, 0.3) is 0 Å². The van der Waals surface area contributed by atoms with Crippen LogP contribution in [0.15, 0.2) is 22.8 Å². The van der Waals surface area contributed by atoms with Crippen LogP contribution in [0.1, 0.15) is 16.1 Å². The number of hydrogen-bond donors (Lipinski definition) is 2. The zero-order valence-corrected chi connectivity index (χ0v) is 8.90. The lowest BCUT2D eigenvalue weighted by Crippen LogP contribution is -2.15. The van der Waals surface area contributed by atoms with E-state index in [-0.39, 0.29) is 11.5 Å². The Hall–Kier alpha value is -2.44. The van der Waals surface area contributed by atoms with Gasteiger partial charge in [-0.3, -0.25) is 4.79 Å². The smallest absolute Gasteiger partial charge is 0.281 e. The van der Waals surface area contributed by atoms with Crippen LogP contribution >= 0.6 is 0 Å². The number of aromatic nitrogens is 2. The van der Waals surface area contributed by atoms with Gasteiger partial charge >= 0.3 is 0 Å². The molecule has 0 saturated carbocycles. The van der Waals surface area contributed by atoms with E-state index in [1.807, 2.05) is 0 Å². The number of benzene rings is 1. The number of nitrogens with one attached hydrogen (secondary N) is 1. The molecule has 0 fully saturated rings. The second kappa shape index (κ2) is 4.20. The summed E-state index contributed by atoms with van der Waals surface area (Å²) in [7, 11) is 0. The molecular weight excluding hydrogens is 227 g/mol. The minimum absolute atomic E-state index is 0.114. The minimum atomic E-state index is -0.600. The van der Waals surface area contributed by atoms with Gasteiger partial charge in [-0.15, -0.1) is 0 Å². The molecule has 0 aliphatic rings. The predicted octanol–water partition coefficient (Wildman–Crippen LogP) is 1.35. The molecule has 0 bridgehead atoms. The monoisotopic (exact) mass is 236 g/mol. The van der Waals surface area contributed by atoms with Gasteiger partial charge in [-0.2, -0.15) is 0 Å². The molecule has 88 valence electrons. The molecule has 17 heavy (non-hydrogen) atoms. The van der Waals surface area contributed by atoms with Gasteiger partial charge in [-0.05, 0) is 34.9 Å². The molecule has 0 radical (unpaired) electrons. The summed E-state index contributed by atoms with van der Waals surface area (Å²) in [5, 5.41) is 9.10. The first-order chi connectivity index (χ1) is 8.08. The summed E-state index contributed by atoms with van der Waals surface area (Å²) < 4.78 is 17.3. The van der Waals surface area contributed by atoms with E-state index >= 15 is 0 Å². The largest absolute Gasteiger partial charge is 0.379 e. The van der Waals surface area contributed by atoms with Crippen molar-refractivity contribution in [3.63, 3.8) is 0 Å². The van der Waals surface area contributed by atoms with Crippen LogP contribution in [0.4, 0.5) is 15.9 Å². The van der Waals surface area contributed by atoms with Crippen molar-refractivity contribution < 1.29 is 13.8 Å². The molecule has 1 aromatic carbocycles. The molecule has 1 aromatic heterocycles. The average molecular weight is 236 g/mol. The van der Waals surface area contributed by atoms with Gasteiger partial charge < -0.3 is 11.1 Å². The zero-order valence-electron chi connectivity index (χ0n) is 8.90. The van der Waals surface area contributed by atoms with Gasteiger partial charge in [-0.25, -0.2) is 9.02 Å². The van der Waals surface area contributed by atoms with E-state index in [9.17, 15) is 9.18 Å². The summed E-state index contributed by atoms with van der Waals surface area (Å²) in [6.45, 7) is 1.74. The maximum absolute atomic E-state index is 13.0. The lowest BCUT2D eigenvalue weighted by Gasteiger charge is -2.06. The molecule has 1 amide bonds. The van der Waals surface area contributed by atoms with Gasteiger partial charge in [0.15, 0.2) is 0 Å². The Balaban J connectivity index is 2.24. The number of carbonyl (C=O) groups is 1. The Kier molecular flexibility index (Phi) is 2.73. The summed E-state index contributed by atoms with van der Waals surface area (Å²) in [4.78, 5) is 11.7. The van der Waals surface area contributed by atoms with Gasteiger partial charge in [0.05, 0.1) is 0 Å². The topological polar surface area (TPSA) is 94.0 Å². The lowest BCUT2D eigenvalue weighted by molar-refractivity contribution is 0.101. The summed E-state index contributed by atoms with van der Waals surface area (Å²) in [6, 6.07) is 4.06. The molecule has 0 aliphatic heterocycles. The summed E-state index contributed by atoms with van der Waals surface area (Å²) in [5.41, 5.74) is 6.29. The maximum Gasteiger partial charge on any atom is 0.281 e. The highest BCUT2D eigenvalue weighted by Crippen LogP contribution is 2.17. The van der Waals surface area contributed by atoms with Gasteiger partial charge in [-0.1, -0.05) is 6.07 Å². The first kappa shape index (κ1) is 11.1. The van der Waals surface area contributed by atoms with Crippen molar-refractivity contribution in [1.29, 1.82) is 0 Å². The molecule has 3 N–H and O–H groups in total. The van der Waals surface area contributed by atoms with E-state index in [1.165, 1.54) is 12.1 Å². The number of halogens is 1. The quantitative estimate of drug-likeness (QED) is 0.820. The number of carbonyl (C=O) groups excluding carboxylic acids is 1. The zero-order chi connectivity index (χ0) is 12.4. The normalized spacial score (nSPS) is 10.2. The van der Waals surface area contributed by atoms with Crippen LogP contribution in [0, 0.1) is 12.7 Å². The Morgan fingerprint density at radius 3 is 2.88 bits per heavy atom. The van der Waals surface area contributed by atoms with E-state index < -0.39 is 11.7 Å². The van der Waals surface area contributed by atoms with Gasteiger partial charge in [0, 0.05) is 5.69 Å². The Morgan fingerprint density at radius 2 is 2.24 bits per heavy atom. The Morgan fingerprint density at radius 1 is 1.47 bits per heavy atom. The SMILES string of the molecule is Cc1ccc(F)cc1NC(=O)c1nonc1N. The number of rotatable bonds is 2. The fraction of sp³-hybridized carbons (Fsp3) is 0.100. The Labute approximate surface area is 95.6 Å². The predicted molar refractivity (Wildman–Crippen MR) is 57.8 cm³/mol. The van der Waals surface area contributed by atoms with Crippen molar-refractivity contribution in [1.82, 2.24) is 10.3 Å². The van der Waals surface area contributed by atoms with E-state index in [2.05, 4.69) is 20.3 Å². The molecule has 0 saturated heterocycles. The molecule has 7 heteroatoms. The molecule has 2 rings (SSSR count). The molecular formula is C10H9FN4O2. The summed E-state index contributed by atoms with van der Waals surface area (Å²) >= 11 is 0. The van der Waals surface area contributed by atoms with E-state index in [1.54, 1.807) is 13.0 Å². The third-order valence-corrected chi connectivity index (χ3v) is 2.18. The fourth-order valence-corrected chi connectivity index (χ4v) is 1.26. The van der Waals surface area contributed by atoms with Gasteiger partial charge in [0.1, 0.15) is 5.82 Å². The highest BCUT2D eigenvalue weighted by molar-refractivity contribution is 6.05. The van der Waals surface area contributed by atoms with Crippen LogP contribution in [0.2, 0.25) is 0 Å². The third-order valence-electron chi connectivity index (χ3n) is 2.18. The van der Waals surface area contributed by atoms with E-state index in [4.69, 9.17) is 5.73 Å². The Bertz CT molecular complexity index is 567. The van der Waals surface area contributed by atoms with Crippen molar-refractivity contribution >= 4 is 17.4 Å². The lowest BCUT2D eigenvalue weighted by atomic mass is 10.2. The number of nitrogen functional groups attached to an aromatic ring is 1. The van der Waals surface area contributed by atoms with Gasteiger partial charge in [0.2, 0.25) is 11.5 Å². The highest BCUT2D eigenvalue weighted by Gasteiger charge is 2.16. The van der Waals surface area contributed by atoms with Gasteiger partial charge in [0.25, 0.3) is 5.91 Å².